The zero-order valence-electron chi connectivity index (χ0n) is 18.1. The van der Waals surface area contributed by atoms with Gasteiger partial charge in [-0.15, -0.1) is 6.58 Å². The lowest BCUT2D eigenvalue weighted by Crippen LogP contribution is -2.33. The lowest BCUT2D eigenvalue weighted by molar-refractivity contribution is -0.127. The fraction of sp³-hybridized carbons (Fsp3) is 0.292. The number of ether oxygens (including phenoxy) is 1. The van der Waals surface area contributed by atoms with E-state index in [9.17, 15) is 9.59 Å². The molecular formula is C24H27N3O3S. The number of hydrogen-bond donors (Lipinski definition) is 1. The van der Waals surface area contributed by atoms with E-state index < -0.39 is 5.25 Å². The molecule has 1 aliphatic heterocycles. The fourth-order valence-electron chi connectivity index (χ4n) is 3.28. The van der Waals surface area contributed by atoms with E-state index in [4.69, 9.17) is 9.73 Å². The Bertz CT molecular complexity index is 981. The second-order valence-electron chi connectivity index (χ2n) is 7.19. The van der Waals surface area contributed by atoms with Gasteiger partial charge in [0.05, 0.1) is 12.3 Å². The van der Waals surface area contributed by atoms with E-state index in [2.05, 4.69) is 11.9 Å². The molecule has 0 bridgehead atoms. The maximum absolute atomic E-state index is 13.0. The Labute approximate surface area is 187 Å². The van der Waals surface area contributed by atoms with Crippen LogP contribution in [0.2, 0.25) is 0 Å². The van der Waals surface area contributed by atoms with Crippen molar-refractivity contribution in [3.05, 3.63) is 66.2 Å². The van der Waals surface area contributed by atoms with Crippen LogP contribution < -0.4 is 10.1 Å². The normalized spacial score (nSPS) is 17.1. The van der Waals surface area contributed by atoms with Crippen molar-refractivity contribution in [1.29, 1.82) is 0 Å². The van der Waals surface area contributed by atoms with Crippen LogP contribution in [0.5, 0.6) is 5.75 Å². The number of amides is 2. The van der Waals surface area contributed by atoms with Crippen LogP contribution in [0.4, 0.5) is 11.4 Å². The van der Waals surface area contributed by atoms with Gasteiger partial charge in [0.25, 0.3) is 0 Å². The standard InChI is InChI=1S/C24H27N3O3S/c1-5-14-27-23(29)20(31-24(27)26-22-16(3)8-7-9-17(22)4)15-21(28)25-18-10-12-19(13-11-18)30-6-2/h5,7-13,20H,1,6,14-15H2,2-4H3,(H,25,28). The van der Waals surface area contributed by atoms with Crippen molar-refractivity contribution < 1.29 is 14.3 Å². The highest BCUT2D eigenvalue weighted by Crippen LogP contribution is 2.33. The van der Waals surface area contributed by atoms with Crippen LogP contribution in [-0.4, -0.2) is 40.3 Å². The van der Waals surface area contributed by atoms with Gasteiger partial charge in [0.15, 0.2) is 5.17 Å². The van der Waals surface area contributed by atoms with Crippen molar-refractivity contribution in [2.75, 3.05) is 18.5 Å². The number of benzene rings is 2. The SMILES string of the molecule is C=CCN1C(=O)C(CC(=O)Nc2ccc(OCC)cc2)SC1=Nc1c(C)cccc1C. The van der Waals surface area contributed by atoms with Gasteiger partial charge in [0.2, 0.25) is 11.8 Å². The number of rotatable bonds is 8. The van der Waals surface area contributed by atoms with E-state index in [-0.39, 0.29) is 18.2 Å². The van der Waals surface area contributed by atoms with Crippen molar-refractivity contribution in [1.82, 2.24) is 4.90 Å². The molecule has 1 heterocycles. The summed E-state index contributed by atoms with van der Waals surface area (Å²) in [7, 11) is 0. The zero-order chi connectivity index (χ0) is 22.4. The second-order valence-corrected chi connectivity index (χ2v) is 8.36. The third kappa shape index (κ3) is 5.55. The zero-order valence-corrected chi connectivity index (χ0v) is 18.9. The molecule has 1 aliphatic rings. The number of anilines is 1. The lowest BCUT2D eigenvalue weighted by atomic mass is 10.1. The molecule has 1 fully saturated rings. The fourth-order valence-corrected chi connectivity index (χ4v) is 4.43. The molecule has 1 unspecified atom stereocenters. The summed E-state index contributed by atoms with van der Waals surface area (Å²) in [5.41, 5.74) is 3.59. The summed E-state index contributed by atoms with van der Waals surface area (Å²) in [6, 6.07) is 13.1. The van der Waals surface area contributed by atoms with Crippen LogP contribution in [0.3, 0.4) is 0 Å². The van der Waals surface area contributed by atoms with Gasteiger partial charge in [0, 0.05) is 18.7 Å². The smallest absolute Gasteiger partial charge is 0.242 e. The highest BCUT2D eigenvalue weighted by atomic mass is 32.2. The van der Waals surface area contributed by atoms with Crippen LogP contribution in [0.25, 0.3) is 0 Å². The van der Waals surface area contributed by atoms with Crippen LogP contribution >= 0.6 is 11.8 Å². The third-order valence-electron chi connectivity index (χ3n) is 4.80. The molecule has 162 valence electrons. The first-order valence-electron chi connectivity index (χ1n) is 10.2. The van der Waals surface area contributed by atoms with Crippen molar-refractivity contribution >= 4 is 40.1 Å². The molecule has 0 spiro atoms. The topological polar surface area (TPSA) is 71.0 Å². The van der Waals surface area contributed by atoms with E-state index in [1.54, 1.807) is 35.2 Å². The first-order valence-corrected chi connectivity index (χ1v) is 11.1. The van der Waals surface area contributed by atoms with Gasteiger partial charge >= 0.3 is 0 Å². The van der Waals surface area contributed by atoms with Gasteiger partial charge < -0.3 is 10.1 Å². The Balaban J connectivity index is 1.73. The number of para-hydroxylation sites is 1. The number of aryl methyl sites for hydroxylation is 2. The van der Waals surface area contributed by atoms with E-state index in [0.29, 0.717) is 24.0 Å². The summed E-state index contributed by atoms with van der Waals surface area (Å²) in [5.74, 6) is 0.396. The molecule has 3 rings (SSSR count). The number of nitrogens with zero attached hydrogens (tertiary/aromatic N) is 2. The quantitative estimate of drug-likeness (QED) is 0.600. The van der Waals surface area contributed by atoms with E-state index in [1.165, 1.54) is 11.8 Å². The number of nitrogens with one attached hydrogen (secondary N) is 1. The molecule has 31 heavy (non-hydrogen) atoms. The van der Waals surface area contributed by atoms with Crippen LogP contribution in [0, 0.1) is 13.8 Å². The number of carbonyl (C=O) groups is 2. The lowest BCUT2D eigenvalue weighted by Gasteiger charge is -2.14. The average molecular weight is 438 g/mol. The number of carbonyl (C=O) groups excluding carboxylic acids is 2. The molecule has 2 aromatic carbocycles. The molecular weight excluding hydrogens is 410 g/mol. The van der Waals surface area contributed by atoms with Crippen molar-refractivity contribution in [3.63, 3.8) is 0 Å². The van der Waals surface area contributed by atoms with E-state index in [0.717, 1.165) is 22.6 Å². The van der Waals surface area contributed by atoms with Crippen LogP contribution in [0.1, 0.15) is 24.5 Å². The molecule has 1 atom stereocenters. The predicted octanol–water partition coefficient (Wildman–Crippen LogP) is 4.85. The summed E-state index contributed by atoms with van der Waals surface area (Å²) in [4.78, 5) is 31.9. The molecule has 0 aromatic heterocycles. The Morgan fingerprint density at radius 1 is 1.23 bits per heavy atom. The second kappa shape index (κ2) is 10.3. The minimum absolute atomic E-state index is 0.0656. The largest absolute Gasteiger partial charge is 0.494 e. The van der Waals surface area contributed by atoms with Gasteiger partial charge in [-0.2, -0.15) is 0 Å². The maximum atomic E-state index is 13.0. The Kier molecular flexibility index (Phi) is 7.52. The highest BCUT2D eigenvalue weighted by Gasteiger charge is 2.38. The van der Waals surface area contributed by atoms with Crippen molar-refractivity contribution in [2.45, 2.75) is 32.4 Å². The average Bonchev–Trinajstić information content (AvgIpc) is 3.01. The first-order chi connectivity index (χ1) is 14.9. The predicted molar refractivity (Wildman–Crippen MR) is 127 cm³/mol. The van der Waals surface area contributed by atoms with E-state index in [1.807, 2.05) is 39.0 Å². The molecule has 1 saturated heterocycles. The van der Waals surface area contributed by atoms with Gasteiger partial charge in [-0.1, -0.05) is 36.0 Å². The monoisotopic (exact) mass is 437 g/mol. The highest BCUT2D eigenvalue weighted by molar-refractivity contribution is 8.15. The Morgan fingerprint density at radius 2 is 1.90 bits per heavy atom. The summed E-state index contributed by atoms with van der Waals surface area (Å²) >= 11 is 1.32. The van der Waals surface area contributed by atoms with Gasteiger partial charge in [-0.05, 0) is 56.2 Å². The minimum atomic E-state index is -0.522. The van der Waals surface area contributed by atoms with Gasteiger partial charge in [-0.3, -0.25) is 14.5 Å². The van der Waals surface area contributed by atoms with Gasteiger partial charge in [-0.25, -0.2) is 4.99 Å². The third-order valence-corrected chi connectivity index (χ3v) is 5.97. The number of hydrogen-bond acceptors (Lipinski definition) is 5. The Hall–Kier alpha value is -3.06. The van der Waals surface area contributed by atoms with Crippen LogP contribution in [0.15, 0.2) is 60.1 Å². The minimum Gasteiger partial charge on any atom is -0.494 e. The Morgan fingerprint density at radius 3 is 2.52 bits per heavy atom. The summed E-state index contributed by atoms with van der Waals surface area (Å²) in [6.45, 7) is 10.6. The molecule has 6 nitrogen and oxygen atoms in total. The van der Waals surface area contributed by atoms with E-state index >= 15 is 0 Å². The molecule has 2 amide bonds. The number of aliphatic imine (C=N–C) groups is 1. The van der Waals surface area contributed by atoms with Crippen molar-refractivity contribution in [3.8, 4) is 5.75 Å². The number of thioether (sulfide) groups is 1. The van der Waals surface area contributed by atoms with Crippen LogP contribution in [-0.2, 0) is 9.59 Å². The summed E-state index contributed by atoms with van der Waals surface area (Å²) < 4.78 is 5.41. The number of amidine groups is 1. The van der Waals surface area contributed by atoms with Gasteiger partial charge in [0.1, 0.15) is 11.0 Å². The molecule has 7 heteroatoms. The summed E-state index contributed by atoms with van der Waals surface area (Å²) in [5, 5.41) is 2.93. The molecule has 1 N–H and O–H groups in total. The van der Waals surface area contributed by atoms with Crippen molar-refractivity contribution in [2.24, 2.45) is 4.99 Å². The summed E-state index contributed by atoms with van der Waals surface area (Å²) in [6.07, 6.45) is 1.73. The first kappa shape index (κ1) is 22.6. The molecule has 0 radical (unpaired) electrons. The molecule has 0 saturated carbocycles. The maximum Gasteiger partial charge on any atom is 0.242 e. The molecule has 0 aliphatic carbocycles. The molecule has 2 aromatic rings.